The van der Waals surface area contributed by atoms with E-state index in [4.69, 9.17) is 0 Å². The van der Waals surface area contributed by atoms with Gasteiger partial charge in [0, 0.05) is 18.4 Å². The number of ketones is 1. The van der Waals surface area contributed by atoms with Crippen molar-refractivity contribution in [3.8, 4) is 0 Å². The highest BCUT2D eigenvalue weighted by Crippen LogP contribution is 2.01. The maximum Gasteiger partial charge on any atom is 0.358 e. The van der Waals surface area contributed by atoms with Gasteiger partial charge in [-0.05, 0) is 12.1 Å². The molecule has 5 nitrogen and oxygen atoms in total. The molecule has 12 heavy (non-hydrogen) atoms. The average molecular weight is 166 g/mol. The van der Waals surface area contributed by atoms with Crippen molar-refractivity contribution >= 4 is 11.7 Å². The molecule has 0 aliphatic heterocycles. The summed E-state index contributed by atoms with van der Waals surface area (Å²) in [6.07, 6.45) is 1.60. The van der Waals surface area contributed by atoms with Crippen LogP contribution in [0.1, 0.15) is 10.5 Å². The predicted molar refractivity (Wildman–Crippen MR) is 40.5 cm³/mol. The lowest BCUT2D eigenvalue weighted by Gasteiger charge is -1.95. The maximum absolute atomic E-state index is 11.0. The fourth-order valence-corrected chi connectivity index (χ4v) is 0.848. The largest absolute Gasteiger partial charge is 0.358 e. The zero-order chi connectivity index (χ0) is 9.14. The fraction of sp³-hybridized carbons (Fsp3) is 0.143. The molecule has 1 aromatic rings. The Labute approximate surface area is 68.0 Å². The summed E-state index contributed by atoms with van der Waals surface area (Å²) in [4.78, 5) is 31.2. The molecular formula is C7H6N2O3. The second-order valence-electron chi connectivity index (χ2n) is 2.23. The molecule has 1 rings (SSSR count). The van der Waals surface area contributed by atoms with Crippen LogP contribution in [0.4, 0.5) is 0 Å². The molecule has 0 aliphatic carbocycles. The highest BCUT2D eigenvalue weighted by atomic mass is 16.3. The van der Waals surface area contributed by atoms with E-state index in [1.54, 1.807) is 19.3 Å². The first-order valence-corrected chi connectivity index (χ1v) is 3.20. The summed E-state index contributed by atoms with van der Waals surface area (Å²) in [5, 5.41) is 2.03. The number of amides is 1. The SMILES string of the molecule is Cn1cccc1C(=O)C(=O)N=O. The van der Waals surface area contributed by atoms with E-state index in [0.29, 0.717) is 0 Å². The Kier molecular flexibility index (Phi) is 2.14. The number of carbonyl (C=O) groups excluding carboxylic acids is 2. The molecule has 1 heterocycles. The van der Waals surface area contributed by atoms with Crippen molar-refractivity contribution in [3.63, 3.8) is 0 Å². The summed E-state index contributed by atoms with van der Waals surface area (Å²) >= 11 is 0. The van der Waals surface area contributed by atoms with Crippen molar-refractivity contribution in [3.05, 3.63) is 28.9 Å². The lowest BCUT2D eigenvalue weighted by molar-refractivity contribution is -0.114. The molecule has 5 heteroatoms. The molecule has 1 amide bonds. The summed E-state index contributed by atoms with van der Waals surface area (Å²) in [5.74, 6) is -2.14. The van der Waals surface area contributed by atoms with Gasteiger partial charge in [0.05, 0.1) is 5.69 Å². The third-order valence-corrected chi connectivity index (χ3v) is 1.45. The average Bonchev–Trinajstić information content (AvgIpc) is 2.48. The first kappa shape index (κ1) is 8.32. The van der Waals surface area contributed by atoms with Gasteiger partial charge in [-0.15, -0.1) is 4.91 Å². The topological polar surface area (TPSA) is 68.5 Å². The Balaban J connectivity index is 3.00. The summed E-state index contributed by atoms with van der Waals surface area (Å²) in [6, 6.07) is 3.05. The van der Waals surface area contributed by atoms with Crippen LogP contribution in [0.25, 0.3) is 0 Å². The molecule has 0 saturated carbocycles. The Bertz CT molecular complexity index is 340. The molecule has 1 aromatic heterocycles. The van der Waals surface area contributed by atoms with E-state index in [1.165, 1.54) is 10.6 Å². The van der Waals surface area contributed by atoms with Crippen LogP contribution in [0.3, 0.4) is 0 Å². The highest BCUT2D eigenvalue weighted by Gasteiger charge is 2.18. The van der Waals surface area contributed by atoms with Gasteiger partial charge in [0.2, 0.25) is 0 Å². The van der Waals surface area contributed by atoms with Gasteiger partial charge < -0.3 is 4.57 Å². The van der Waals surface area contributed by atoms with Crippen molar-refractivity contribution in [1.29, 1.82) is 0 Å². The van der Waals surface area contributed by atoms with Crippen LogP contribution in [0.5, 0.6) is 0 Å². The molecule has 62 valence electrons. The number of Topliss-reactive ketones (excluding diaryl/α,β-unsaturated/α-hetero) is 1. The Morgan fingerprint density at radius 1 is 1.50 bits per heavy atom. The van der Waals surface area contributed by atoms with Crippen LogP contribution in [0.15, 0.2) is 23.5 Å². The molecule has 0 N–H and O–H groups in total. The lowest BCUT2D eigenvalue weighted by atomic mass is 10.3. The smallest absolute Gasteiger partial charge is 0.348 e. The lowest BCUT2D eigenvalue weighted by Crippen LogP contribution is -2.14. The van der Waals surface area contributed by atoms with Gasteiger partial charge in [-0.3, -0.25) is 9.59 Å². The summed E-state index contributed by atoms with van der Waals surface area (Å²) in [6.45, 7) is 0. The standard InChI is InChI=1S/C7H6N2O3/c1-9-4-2-3-5(9)6(10)7(11)8-12/h2-4H,1H3. The minimum Gasteiger partial charge on any atom is -0.348 e. The van der Waals surface area contributed by atoms with Gasteiger partial charge in [0.15, 0.2) is 0 Å². The van der Waals surface area contributed by atoms with E-state index < -0.39 is 11.7 Å². The predicted octanol–water partition coefficient (Wildman–Crippen LogP) is 0.501. The second kappa shape index (κ2) is 3.08. The van der Waals surface area contributed by atoms with E-state index in [1.807, 2.05) is 5.18 Å². The highest BCUT2D eigenvalue weighted by molar-refractivity contribution is 6.42. The molecule has 0 fully saturated rings. The van der Waals surface area contributed by atoms with E-state index in [2.05, 4.69) is 0 Å². The molecular weight excluding hydrogens is 160 g/mol. The molecule has 0 saturated heterocycles. The van der Waals surface area contributed by atoms with Gasteiger partial charge in [0.25, 0.3) is 5.78 Å². The number of rotatable bonds is 2. The molecule has 0 spiro atoms. The number of aryl methyl sites for hydroxylation is 1. The summed E-state index contributed by atoms with van der Waals surface area (Å²) in [7, 11) is 1.60. The number of hydrogen-bond donors (Lipinski definition) is 0. The molecule has 0 radical (unpaired) electrons. The van der Waals surface area contributed by atoms with Crippen LogP contribution < -0.4 is 0 Å². The molecule has 0 atom stereocenters. The first-order chi connectivity index (χ1) is 5.66. The monoisotopic (exact) mass is 166 g/mol. The normalized spacial score (nSPS) is 9.42. The number of hydrogen-bond acceptors (Lipinski definition) is 3. The third kappa shape index (κ3) is 1.29. The maximum atomic E-state index is 11.0. The van der Waals surface area contributed by atoms with Crippen molar-refractivity contribution in [2.75, 3.05) is 0 Å². The number of nitrogens with zero attached hydrogens (tertiary/aromatic N) is 2. The summed E-state index contributed by atoms with van der Waals surface area (Å²) in [5.41, 5.74) is 0.166. The summed E-state index contributed by atoms with van der Waals surface area (Å²) < 4.78 is 1.45. The van der Waals surface area contributed by atoms with Gasteiger partial charge in [-0.1, -0.05) is 0 Å². The van der Waals surface area contributed by atoms with Crippen molar-refractivity contribution < 1.29 is 9.59 Å². The number of aromatic nitrogens is 1. The molecule has 0 aliphatic rings. The van der Waals surface area contributed by atoms with Crippen molar-refractivity contribution in [2.24, 2.45) is 12.2 Å². The Hall–Kier alpha value is -1.78. The zero-order valence-electron chi connectivity index (χ0n) is 6.35. The molecule has 0 aromatic carbocycles. The molecule has 0 unspecified atom stereocenters. The van der Waals surface area contributed by atoms with Gasteiger partial charge >= 0.3 is 5.91 Å². The minimum absolute atomic E-state index is 0.166. The van der Waals surface area contributed by atoms with Crippen molar-refractivity contribution in [2.45, 2.75) is 0 Å². The number of carbonyl (C=O) groups is 2. The van der Waals surface area contributed by atoms with Gasteiger partial charge in [0.1, 0.15) is 0 Å². The second-order valence-corrected chi connectivity index (χ2v) is 2.23. The van der Waals surface area contributed by atoms with E-state index in [0.717, 1.165) is 0 Å². The van der Waals surface area contributed by atoms with E-state index in [-0.39, 0.29) is 5.69 Å². The third-order valence-electron chi connectivity index (χ3n) is 1.45. The number of nitroso groups, excluding NO2 is 1. The minimum atomic E-state index is -1.27. The van der Waals surface area contributed by atoms with Gasteiger partial charge in [-0.25, -0.2) is 0 Å². The molecule has 0 bridgehead atoms. The zero-order valence-corrected chi connectivity index (χ0v) is 6.35. The Morgan fingerprint density at radius 3 is 2.58 bits per heavy atom. The van der Waals surface area contributed by atoms with Crippen LogP contribution >= 0.6 is 0 Å². The fourth-order valence-electron chi connectivity index (χ4n) is 0.848. The van der Waals surface area contributed by atoms with E-state index >= 15 is 0 Å². The first-order valence-electron chi connectivity index (χ1n) is 3.20. The van der Waals surface area contributed by atoms with E-state index in [9.17, 15) is 14.5 Å². The quantitative estimate of drug-likeness (QED) is 0.365. The van der Waals surface area contributed by atoms with Crippen LogP contribution in [0.2, 0.25) is 0 Å². The van der Waals surface area contributed by atoms with Crippen LogP contribution in [-0.2, 0) is 11.8 Å². The van der Waals surface area contributed by atoms with Crippen LogP contribution in [0, 0.1) is 4.91 Å². The van der Waals surface area contributed by atoms with Crippen LogP contribution in [-0.4, -0.2) is 16.3 Å². The van der Waals surface area contributed by atoms with Gasteiger partial charge in [-0.2, -0.15) is 0 Å². The Morgan fingerprint density at radius 2 is 2.17 bits per heavy atom. The van der Waals surface area contributed by atoms with Crippen molar-refractivity contribution in [1.82, 2.24) is 4.57 Å².